The highest BCUT2D eigenvalue weighted by Gasteiger charge is 2.06. The molecule has 0 aliphatic heterocycles. The van der Waals surface area contributed by atoms with Gasteiger partial charge in [0.05, 0.1) is 6.61 Å². The van der Waals surface area contributed by atoms with E-state index in [0.29, 0.717) is 23.4 Å². The molecule has 6 heteroatoms. The Hall–Kier alpha value is -1.36. The summed E-state index contributed by atoms with van der Waals surface area (Å²) in [5, 5.41) is 12.0. The molecule has 68 valence electrons. The van der Waals surface area contributed by atoms with Crippen molar-refractivity contribution in [2.45, 2.75) is 6.92 Å². The number of rotatable bonds is 2. The first-order valence-corrected chi connectivity index (χ1v) is 4.20. The van der Waals surface area contributed by atoms with E-state index in [9.17, 15) is 0 Å². The highest BCUT2D eigenvalue weighted by atomic mass is 35.5. The van der Waals surface area contributed by atoms with Gasteiger partial charge in [0, 0.05) is 0 Å². The third-order valence-corrected chi connectivity index (χ3v) is 1.68. The number of fused-ring (bicyclic) bond motifs is 1. The van der Waals surface area contributed by atoms with E-state index in [2.05, 4.69) is 15.3 Å². The molecule has 2 rings (SSSR count). The standard InChI is InChI=1S/C7H7ClN4O/c1-2-13-7-10-9-6-4-3-5(8)11-12(6)7/h3-4H,2H2,1H3. The number of nitrogens with zero attached hydrogens (tertiary/aromatic N) is 4. The second-order valence-electron chi connectivity index (χ2n) is 2.34. The summed E-state index contributed by atoms with van der Waals surface area (Å²) >= 11 is 5.70. The van der Waals surface area contributed by atoms with Crippen LogP contribution < -0.4 is 4.74 Å². The van der Waals surface area contributed by atoms with Crippen LogP contribution in [0.1, 0.15) is 6.92 Å². The van der Waals surface area contributed by atoms with E-state index in [-0.39, 0.29) is 0 Å². The van der Waals surface area contributed by atoms with Gasteiger partial charge in [-0.25, -0.2) is 0 Å². The number of hydrogen-bond donors (Lipinski definition) is 0. The first-order chi connectivity index (χ1) is 6.31. The van der Waals surface area contributed by atoms with Gasteiger partial charge in [-0.15, -0.1) is 10.2 Å². The van der Waals surface area contributed by atoms with Crippen LogP contribution in [0.2, 0.25) is 5.15 Å². The molecule has 0 atom stereocenters. The molecule has 0 spiro atoms. The molecular formula is C7H7ClN4O. The second-order valence-corrected chi connectivity index (χ2v) is 2.73. The van der Waals surface area contributed by atoms with Crippen molar-refractivity contribution in [3.63, 3.8) is 0 Å². The minimum atomic E-state index is 0.361. The number of ether oxygens (including phenoxy) is 1. The number of hydrogen-bond acceptors (Lipinski definition) is 4. The van der Waals surface area contributed by atoms with Gasteiger partial charge in [-0.05, 0) is 19.1 Å². The molecule has 0 bridgehead atoms. The van der Waals surface area contributed by atoms with Crippen molar-refractivity contribution in [3.05, 3.63) is 17.3 Å². The molecule has 0 radical (unpaired) electrons. The van der Waals surface area contributed by atoms with Crippen molar-refractivity contribution < 1.29 is 4.74 Å². The maximum absolute atomic E-state index is 5.70. The van der Waals surface area contributed by atoms with E-state index in [1.165, 1.54) is 4.52 Å². The summed E-state index contributed by atoms with van der Waals surface area (Å²) < 4.78 is 6.65. The van der Waals surface area contributed by atoms with Crippen molar-refractivity contribution in [1.29, 1.82) is 0 Å². The van der Waals surface area contributed by atoms with E-state index < -0.39 is 0 Å². The minimum Gasteiger partial charge on any atom is -0.463 e. The highest BCUT2D eigenvalue weighted by Crippen LogP contribution is 2.11. The zero-order valence-corrected chi connectivity index (χ0v) is 7.69. The van der Waals surface area contributed by atoms with Gasteiger partial charge in [-0.1, -0.05) is 16.7 Å². The molecule has 0 aromatic carbocycles. The fourth-order valence-corrected chi connectivity index (χ4v) is 1.10. The summed E-state index contributed by atoms with van der Waals surface area (Å²) in [7, 11) is 0. The monoisotopic (exact) mass is 198 g/mol. The van der Waals surface area contributed by atoms with Gasteiger partial charge in [0.25, 0.3) is 0 Å². The van der Waals surface area contributed by atoms with Crippen molar-refractivity contribution in [1.82, 2.24) is 19.8 Å². The Kier molecular flexibility index (Phi) is 2.02. The minimum absolute atomic E-state index is 0.361. The molecule has 2 heterocycles. The van der Waals surface area contributed by atoms with E-state index in [1.54, 1.807) is 12.1 Å². The average molecular weight is 199 g/mol. The summed E-state index contributed by atoms with van der Waals surface area (Å²) in [6, 6.07) is 3.74. The van der Waals surface area contributed by atoms with Gasteiger partial charge >= 0.3 is 6.01 Å². The van der Waals surface area contributed by atoms with Crippen LogP contribution in [0.5, 0.6) is 6.01 Å². The SMILES string of the molecule is CCOc1nnc2ccc(Cl)nn12. The Bertz CT molecular complexity index is 427. The summed E-state index contributed by atoms with van der Waals surface area (Å²) in [6.07, 6.45) is 0. The molecule has 2 aromatic rings. The molecule has 0 unspecified atom stereocenters. The van der Waals surface area contributed by atoms with Crippen LogP contribution in [0, 0.1) is 0 Å². The fourth-order valence-electron chi connectivity index (χ4n) is 0.966. The average Bonchev–Trinajstić information content (AvgIpc) is 2.49. The maximum Gasteiger partial charge on any atom is 0.338 e. The largest absolute Gasteiger partial charge is 0.463 e. The van der Waals surface area contributed by atoms with Crippen molar-refractivity contribution >= 4 is 17.2 Å². The molecule has 0 saturated heterocycles. The number of aromatic nitrogens is 4. The third kappa shape index (κ3) is 1.42. The summed E-state index contributed by atoms with van der Waals surface area (Å²) in [5.74, 6) is 0. The van der Waals surface area contributed by atoms with Gasteiger partial charge in [0.1, 0.15) is 5.15 Å². The lowest BCUT2D eigenvalue weighted by atomic mass is 10.6. The molecule has 0 fully saturated rings. The molecule has 13 heavy (non-hydrogen) atoms. The first kappa shape index (κ1) is 8.25. The number of halogens is 1. The predicted octanol–water partition coefficient (Wildman–Crippen LogP) is 1.18. The van der Waals surface area contributed by atoms with Crippen molar-refractivity contribution in [3.8, 4) is 6.01 Å². The fraction of sp³-hybridized carbons (Fsp3) is 0.286. The van der Waals surface area contributed by atoms with Crippen LogP contribution in [0.15, 0.2) is 12.1 Å². The van der Waals surface area contributed by atoms with E-state index >= 15 is 0 Å². The summed E-state index contributed by atoms with van der Waals surface area (Å²) in [5.41, 5.74) is 0.618. The molecule has 0 amide bonds. The zero-order chi connectivity index (χ0) is 9.26. The Morgan fingerprint density at radius 1 is 1.46 bits per heavy atom. The molecule has 0 saturated carbocycles. The molecule has 0 aliphatic rings. The molecule has 0 N–H and O–H groups in total. The van der Waals surface area contributed by atoms with Crippen LogP contribution in [-0.2, 0) is 0 Å². The lowest BCUT2D eigenvalue weighted by Crippen LogP contribution is -1.99. The van der Waals surface area contributed by atoms with Gasteiger partial charge in [0.15, 0.2) is 5.65 Å². The van der Waals surface area contributed by atoms with Crippen LogP contribution in [0.3, 0.4) is 0 Å². The lowest BCUT2D eigenvalue weighted by Gasteiger charge is -1.98. The maximum atomic E-state index is 5.70. The molecular weight excluding hydrogens is 192 g/mol. The van der Waals surface area contributed by atoms with E-state index in [0.717, 1.165) is 0 Å². The first-order valence-electron chi connectivity index (χ1n) is 3.82. The van der Waals surface area contributed by atoms with Gasteiger partial charge in [-0.3, -0.25) is 0 Å². The predicted molar refractivity (Wildman–Crippen MR) is 47.0 cm³/mol. The van der Waals surface area contributed by atoms with E-state index in [4.69, 9.17) is 16.3 Å². The van der Waals surface area contributed by atoms with Crippen molar-refractivity contribution in [2.75, 3.05) is 6.61 Å². The van der Waals surface area contributed by atoms with Gasteiger partial charge < -0.3 is 4.74 Å². The topological polar surface area (TPSA) is 52.3 Å². The van der Waals surface area contributed by atoms with E-state index in [1.807, 2.05) is 6.92 Å². The quantitative estimate of drug-likeness (QED) is 0.727. The van der Waals surface area contributed by atoms with Gasteiger partial charge in [-0.2, -0.15) is 4.52 Å². The zero-order valence-electron chi connectivity index (χ0n) is 6.94. The second kappa shape index (κ2) is 3.18. The summed E-state index contributed by atoms with van der Waals surface area (Å²) in [6.45, 7) is 2.39. The van der Waals surface area contributed by atoms with Crippen LogP contribution in [0.25, 0.3) is 5.65 Å². The smallest absolute Gasteiger partial charge is 0.338 e. The van der Waals surface area contributed by atoms with Crippen LogP contribution in [0.4, 0.5) is 0 Å². The van der Waals surface area contributed by atoms with Gasteiger partial charge in [0.2, 0.25) is 0 Å². The van der Waals surface area contributed by atoms with Crippen molar-refractivity contribution in [2.24, 2.45) is 0 Å². The molecule has 5 nitrogen and oxygen atoms in total. The Balaban J connectivity index is 2.58. The van der Waals surface area contributed by atoms with Crippen LogP contribution in [-0.4, -0.2) is 26.4 Å². The Morgan fingerprint density at radius 3 is 3.08 bits per heavy atom. The third-order valence-electron chi connectivity index (χ3n) is 1.48. The molecule has 0 aliphatic carbocycles. The van der Waals surface area contributed by atoms with Crippen LogP contribution >= 0.6 is 11.6 Å². The highest BCUT2D eigenvalue weighted by molar-refractivity contribution is 6.29. The Morgan fingerprint density at radius 2 is 2.31 bits per heavy atom. The lowest BCUT2D eigenvalue weighted by molar-refractivity contribution is 0.304. The molecule has 2 aromatic heterocycles. The Labute approximate surface area is 79.3 Å². The normalized spacial score (nSPS) is 10.6. The summed E-state index contributed by atoms with van der Waals surface area (Å²) in [4.78, 5) is 0.